The Morgan fingerprint density at radius 3 is 2.81 bits per heavy atom. The maximum Gasteiger partial charge on any atom is 0.0866 e. The Hall–Kier alpha value is -0.900. The van der Waals surface area contributed by atoms with Crippen LogP contribution in [0, 0.1) is 17.3 Å². The summed E-state index contributed by atoms with van der Waals surface area (Å²) in [4.78, 5) is 0. The van der Waals surface area contributed by atoms with Gasteiger partial charge in [-0.3, -0.25) is 4.68 Å². The normalized spacial score (nSPS) is 31.7. The topological polar surface area (TPSA) is 56.7 Å². The lowest BCUT2D eigenvalue weighted by molar-refractivity contribution is 0.544. The molecule has 3 rings (SSSR count). The van der Waals surface area contributed by atoms with Gasteiger partial charge in [-0.2, -0.15) is 0 Å². The molecule has 0 aliphatic heterocycles. The van der Waals surface area contributed by atoms with Crippen LogP contribution in [0.1, 0.15) is 38.3 Å². The zero-order valence-electron chi connectivity index (χ0n) is 10.1. The van der Waals surface area contributed by atoms with Gasteiger partial charge < -0.3 is 5.73 Å². The zero-order valence-corrected chi connectivity index (χ0v) is 10.1. The van der Waals surface area contributed by atoms with Gasteiger partial charge in [0.15, 0.2) is 0 Å². The van der Waals surface area contributed by atoms with Gasteiger partial charge in [0, 0.05) is 18.7 Å². The van der Waals surface area contributed by atoms with E-state index in [-0.39, 0.29) is 0 Å². The van der Waals surface area contributed by atoms with E-state index in [0.29, 0.717) is 17.3 Å². The largest absolute Gasteiger partial charge is 0.330 e. The molecule has 1 aromatic rings. The van der Waals surface area contributed by atoms with Gasteiger partial charge in [0.2, 0.25) is 0 Å². The quantitative estimate of drug-likeness (QED) is 0.834. The fraction of sp³-hybridized carbons (Fsp3) is 0.833. The first-order valence-electron chi connectivity index (χ1n) is 6.23. The van der Waals surface area contributed by atoms with Gasteiger partial charge >= 0.3 is 0 Å². The lowest BCUT2D eigenvalue weighted by atomic mass is 10.1. The zero-order chi connectivity index (χ0) is 11.3. The van der Waals surface area contributed by atoms with Crippen molar-refractivity contribution in [1.29, 1.82) is 0 Å². The van der Waals surface area contributed by atoms with Crippen molar-refractivity contribution in [2.24, 2.45) is 23.0 Å². The number of nitrogens with two attached hydrogens (primary N) is 1. The van der Waals surface area contributed by atoms with Crippen LogP contribution in [0.2, 0.25) is 0 Å². The lowest BCUT2D eigenvalue weighted by Gasteiger charge is -1.98. The van der Waals surface area contributed by atoms with E-state index in [4.69, 9.17) is 5.73 Å². The summed E-state index contributed by atoms with van der Waals surface area (Å²) in [5, 5.41) is 8.53. The second kappa shape index (κ2) is 3.29. The summed E-state index contributed by atoms with van der Waals surface area (Å²) in [7, 11) is 0. The molecule has 88 valence electrons. The average Bonchev–Trinajstić information content (AvgIpc) is 3.06. The lowest BCUT2D eigenvalue weighted by Crippen LogP contribution is -2.05. The number of hydrogen-bond donors (Lipinski definition) is 1. The minimum absolute atomic E-state index is 0.315. The van der Waals surface area contributed by atoms with Crippen molar-refractivity contribution in [3.63, 3.8) is 0 Å². The number of aromatic nitrogens is 3. The van der Waals surface area contributed by atoms with E-state index in [1.165, 1.54) is 12.8 Å². The highest BCUT2D eigenvalue weighted by Crippen LogP contribution is 2.63. The minimum atomic E-state index is 0.315. The Balaban J connectivity index is 1.72. The van der Waals surface area contributed by atoms with E-state index in [1.807, 2.05) is 4.68 Å². The second-order valence-electron chi connectivity index (χ2n) is 5.95. The molecule has 1 aromatic heterocycles. The Morgan fingerprint density at radius 2 is 2.25 bits per heavy atom. The van der Waals surface area contributed by atoms with Crippen molar-refractivity contribution in [3.8, 4) is 0 Å². The van der Waals surface area contributed by atoms with Crippen LogP contribution in [0.4, 0.5) is 0 Å². The van der Waals surface area contributed by atoms with Crippen LogP contribution in [-0.4, -0.2) is 21.5 Å². The van der Waals surface area contributed by atoms with Crippen molar-refractivity contribution in [2.45, 2.75) is 39.2 Å². The van der Waals surface area contributed by atoms with E-state index < -0.39 is 0 Å². The fourth-order valence-electron chi connectivity index (χ4n) is 2.88. The first-order valence-corrected chi connectivity index (χ1v) is 6.23. The number of rotatable bonds is 4. The van der Waals surface area contributed by atoms with Crippen molar-refractivity contribution in [2.75, 3.05) is 6.54 Å². The van der Waals surface area contributed by atoms with Gasteiger partial charge in [0.1, 0.15) is 0 Å². The summed E-state index contributed by atoms with van der Waals surface area (Å²) < 4.78 is 2.01. The summed E-state index contributed by atoms with van der Waals surface area (Å²) in [5.74, 6) is 1.95. The van der Waals surface area contributed by atoms with Crippen LogP contribution in [0.5, 0.6) is 0 Å². The fourth-order valence-corrected chi connectivity index (χ4v) is 2.88. The molecule has 4 nitrogen and oxygen atoms in total. The molecule has 2 fully saturated rings. The van der Waals surface area contributed by atoms with Gasteiger partial charge in [0.05, 0.1) is 5.69 Å². The van der Waals surface area contributed by atoms with Crippen LogP contribution in [0.25, 0.3) is 0 Å². The molecular weight excluding hydrogens is 200 g/mol. The molecule has 0 bridgehead atoms. The molecule has 2 unspecified atom stereocenters. The molecule has 16 heavy (non-hydrogen) atoms. The summed E-state index contributed by atoms with van der Waals surface area (Å²) in [6.07, 6.45) is 4.84. The SMILES string of the molecule is CC1(C)C(CN)C1c1cn(CC2CC2)nn1. The molecule has 2 saturated carbocycles. The molecule has 2 N–H and O–H groups in total. The van der Waals surface area contributed by atoms with Gasteiger partial charge in [-0.25, -0.2) is 0 Å². The van der Waals surface area contributed by atoms with E-state index >= 15 is 0 Å². The van der Waals surface area contributed by atoms with Crippen LogP contribution in [0.3, 0.4) is 0 Å². The van der Waals surface area contributed by atoms with Crippen LogP contribution < -0.4 is 5.73 Å². The number of hydrogen-bond acceptors (Lipinski definition) is 3. The highest BCUT2D eigenvalue weighted by Gasteiger charge is 2.58. The van der Waals surface area contributed by atoms with Gasteiger partial charge in [-0.05, 0) is 36.6 Å². The number of nitrogens with zero attached hydrogens (tertiary/aromatic N) is 3. The van der Waals surface area contributed by atoms with Crippen molar-refractivity contribution in [3.05, 3.63) is 11.9 Å². The van der Waals surface area contributed by atoms with E-state index in [1.54, 1.807) is 0 Å². The monoisotopic (exact) mass is 220 g/mol. The third-order valence-electron chi connectivity index (χ3n) is 4.32. The molecule has 2 aliphatic carbocycles. The molecule has 0 aromatic carbocycles. The van der Waals surface area contributed by atoms with Gasteiger partial charge in [-0.15, -0.1) is 5.10 Å². The van der Waals surface area contributed by atoms with Gasteiger partial charge in [0.25, 0.3) is 0 Å². The van der Waals surface area contributed by atoms with Crippen LogP contribution in [-0.2, 0) is 6.54 Å². The Bertz CT molecular complexity index is 391. The molecule has 2 aliphatic rings. The Labute approximate surface area is 96.2 Å². The van der Waals surface area contributed by atoms with Crippen molar-refractivity contribution < 1.29 is 0 Å². The van der Waals surface area contributed by atoms with E-state index in [0.717, 1.165) is 24.7 Å². The van der Waals surface area contributed by atoms with E-state index in [9.17, 15) is 0 Å². The molecule has 4 heteroatoms. The maximum atomic E-state index is 5.78. The predicted molar refractivity (Wildman–Crippen MR) is 61.8 cm³/mol. The standard InChI is InChI=1S/C12H20N4/c1-12(2)9(5-13)11(12)10-7-16(15-14-10)6-8-3-4-8/h7-9,11H,3-6,13H2,1-2H3. The molecular formula is C12H20N4. The molecule has 1 heterocycles. The summed E-state index contributed by atoms with van der Waals surface area (Å²) in [5.41, 5.74) is 7.23. The Kier molecular flexibility index (Phi) is 2.11. The van der Waals surface area contributed by atoms with Crippen LogP contribution >= 0.6 is 0 Å². The van der Waals surface area contributed by atoms with E-state index in [2.05, 4.69) is 30.4 Å². The smallest absolute Gasteiger partial charge is 0.0866 e. The van der Waals surface area contributed by atoms with Crippen molar-refractivity contribution >= 4 is 0 Å². The van der Waals surface area contributed by atoms with Crippen LogP contribution in [0.15, 0.2) is 6.20 Å². The summed E-state index contributed by atoms with van der Waals surface area (Å²) >= 11 is 0. The predicted octanol–water partition coefficient (Wildman–Crippen LogP) is 1.39. The highest BCUT2D eigenvalue weighted by molar-refractivity contribution is 5.23. The molecule has 2 atom stereocenters. The average molecular weight is 220 g/mol. The minimum Gasteiger partial charge on any atom is -0.330 e. The first-order chi connectivity index (χ1) is 7.63. The molecule has 0 spiro atoms. The molecule has 0 saturated heterocycles. The third-order valence-corrected chi connectivity index (χ3v) is 4.32. The molecule has 0 radical (unpaired) electrons. The first kappa shape index (κ1) is 10.3. The Morgan fingerprint density at radius 1 is 1.50 bits per heavy atom. The molecule has 0 amide bonds. The third kappa shape index (κ3) is 1.56. The maximum absolute atomic E-state index is 5.78. The van der Waals surface area contributed by atoms with Crippen molar-refractivity contribution in [1.82, 2.24) is 15.0 Å². The highest BCUT2D eigenvalue weighted by atomic mass is 15.4. The second-order valence-corrected chi connectivity index (χ2v) is 5.95. The van der Waals surface area contributed by atoms with Gasteiger partial charge in [-0.1, -0.05) is 19.1 Å². The summed E-state index contributed by atoms with van der Waals surface area (Å²) in [6.45, 7) is 6.35. The summed E-state index contributed by atoms with van der Waals surface area (Å²) in [6, 6.07) is 0.